The summed E-state index contributed by atoms with van der Waals surface area (Å²) in [5, 5.41) is 16.5. The Morgan fingerprint density at radius 1 is 1.89 bits per heavy atom. The van der Waals surface area contributed by atoms with Crippen molar-refractivity contribution in [2.45, 2.75) is 5.72 Å². The third-order valence-corrected chi connectivity index (χ3v) is 0.961. The molecule has 0 aliphatic heterocycles. The summed E-state index contributed by atoms with van der Waals surface area (Å²) in [7, 11) is 1.12. The Balaban J connectivity index is 4.09. The van der Waals surface area contributed by atoms with Gasteiger partial charge in [0.05, 0.1) is 6.61 Å². The first-order valence-corrected chi connectivity index (χ1v) is 2.25. The molecule has 5 nitrogen and oxygen atoms in total. The molecular weight excluding hydrogens is 126 g/mol. The third kappa shape index (κ3) is 1.63. The van der Waals surface area contributed by atoms with Crippen LogP contribution >= 0.6 is 0 Å². The van der Waals surface area contributed by atoms with E-state index in [2.05, 4.69) is 4.74 Å². The van der Waals surface area contributed by atoms with Crippen molar-refractivity contribution >= 4 is 5.97 Å². The minimum absolute atomic E-state index is 0.737. The maximum Gasteiger partial charge on any atom is 0.353 e. The summed E-state index contributed by atoms with van der Waals surface area (Å²) >= 11 is 0. The van der Waals surface area contributed by atoms with Crippen LogP contribution in [0, 0.1) is 0 Å². The molecular formula is C4H9NO4. The molecule has 9 heavy (non-hydrogen) atoms. The molecule has 0 unspecified atom stereocenters. The van der Waals surface area contributed by atoms with Crippen molar-refractivity contribution in [3.05, 3.63) is 0 Å². The number of nitrogens with two attached hydrogens (primary N) is 1. The molecule has 5 heteroatoms. The van der Waals surface area contributed by atoms with Crippen molar-refractivity contribution in [2.24, 2.45) is 5.73 Å². The standard InChI is InChI=1S/C4H9NO4/c1-9-4(5,2-6)3(7)8/h6H,2,5H2,1H3,(H,7,8)/t4-/m0/s1. The lowest BCUT2D eigenvalue weighted by molar-refractivity contribution is -0.166. The van der Waals surface area contributed by atoms with Crippen LogP contribution in [0.25, 0.3) is 0 Å². The molecule has 0 bridgehead atoms. The molecule has 0 fully saturated rings. The molecule has 0 aromatic heterocycles. The predicted molar refractivity (Wildman–Crippen MR) is 28.6 cm³/mol. The van der Waals surface area contributed by atoms with Gasteiger partial charge in [-0.3, -0.25) is 5.73 Å². The second kappa shape index (κ2) is 2.77. The van der Waals surface area contributed by atoms with Gasteiger partial charge in [0.25, 0.3) is 0 Å². The van der Waals surface area contributed by atoms with Gasteiger partial charge in [0, 0.05) is 7.11 Å². The van der Waals surface area contributed by atoms with Crippen LogP contribution in [0.1, 0.15) is 0 Å². The SMILES string of the molecule is CO[C@@](N)(CO)C(=O)O. The maximum atomic E-state index is 10.1. The molecule has 0 aromatic carbocycles. The number of hydrogen-bond acceptors (Lipinski definition) is 4. The van der Waals surface area contributed by atoms with E-state index in [0.29, 0.717) is 0 Å². The summed E-state index contributed by atoms with van der Waals surface area (Å²) in [6, 6.07) is 0. The van der Waals surface area contributed by atoms with Gasteiger partial charge in [-0.1, -0.05) is 0 Å². The summed E-state index contributed by atoms with van der Waals surface area (Å²) in [6.07, 6.45) is 0. The lowest BCUT2D eigenvalue weighted by Gasteiger charge is -2.18. The smallest absolute Gasteiger partial charge is 0.353 e. The van der Waals surface area contributed by atoms with Gasteiger partial charge >= 0.3 is 5.97 Å². The molecule has 4 N–H and O–H groups in total. The zero-order chi connectivity index (χ0) is 7.49. The highest BCUT2D eigenvalue weighted by molar-refractivity contribution is 5.76. The molecule has 1 atom stereocenters. The molecule has 0 amide bonds. The zero-order valence-electron chi connectivity index (χ0n) is 5.00. The first-order valence-electron chi connectivity index (χ1n) is 2.25. The Morgan fingerprint density at radius 2 is 2.33 bits per heavy atom. The van der Waals surface area contributed by atoms with Gasteiger partial charge in [-0.05, 0) is 0 Å². The van der Waals surface area contributed by atoms with Gasteiger partial charge < -0.3 is 14.9 Å². The van der Waals surface area contributed by atoms with E-state index in [1.807, 2.05) is 0 Å². The van der Waals surface area contributed by atoms with Crippen molar-refractivity contribution < 1.29 is 19.7 Å². The Hall–Kier alpha value is -0.650. The number of carboxylic acid groups (broad SMARTS) is 1. The Labute approximate surface area is 52.0 Å². The van der Waals surface area contributed by atoms with Gasteiger partial charge in [0.1, 0.15) is 0 Å². The van der Waals surface area contributed by atoms with Gasteiger partial charge in [-0.15, -0.1) is 0 Å². The van der Waals surface area contributed by atoms with E-state index in [9.17, 15) is 4.79 Å². The number of aliphatic carboxylic acids is 1. The zero-order valence-corrected chi connectivity index (χ0v) is 5.00. The number of aliphatic hydroxyl groups is 1. The fourth-order valence-electron chi connectivity index (χ4n) is 0.219. The number of ether oxygens (including phenoxy) is 1. The molecule has 0 aromatic rings. The van der Waals surface area contributed by atoms with Crippen LogP contribution in [-0.4, -0.2) is 35.6 Å². The van der Waals surface area contributed by atoms with Crippen molar-refractivity contribution in [3.63, 3.8) is 0 Å². The number of carbonyl (C=O) groups is 1. The van der Waals surface area contributed by atoms with Crippen LogP contribution in [0.4, 0.5) is 0 Å². The summed E-state index contributed by atoms with van der Waals surface area (Å²) in [5.41, 5.74) is 3.02. The largest absolute Gasteiger partial charge is 0.478 e. The summed E-state index contributed by atoms with van der Waals surface area (Å²) < 4.78 is 4.28. The topological polar surface area (TPSA) is 92.8 Å². The minimum Gasteiger partial charge on any atom is -0.478 e. The molecule has 0 heterocycles. The van der Waals surface area contributed by atoms with Gasteiger partial charge in [-0.25, -0.2) is 4.79 Å². The van der Waals surface area contributed by atoms with E-state index >= 15 is 0 Å². The lowest BCUT2D eigenvalue weighted by Crippen LogP contribution is -2.52. The fraction of sp³-hybridized carbons (Fsp3) is 0.750. The van der Waals surface area contributed by atoms with Crippen LogP contribution in [0.5, 0.6) is 0 Å². The monoisotopic (exact) mass is 135 g/mol. The average Bonchev–Trinajstić information content (AvgIpc) is 1.86. The first-order chi connectivity index (χ1) is 4.06. The van der Waals surface area contributed by atoms with Crippen molar-refractivity contribution in [1.82, 2.24) is 0 Å². The second-order valence-electron chi connectivity index (χ2n) is 1.56. The summed E-state index contributed by atoms with van der Waals surface area (Å²) in [5.74, 6) is -1.38. The van der Waals surface area contributed by atoms with Crippen LogP contribution in [0.15, 0.2) is 0 Å². The van der Waals surface area contributed by atoms with Crippen LogP contribution in [-0.2, 0) is 9.53 Å². The highest BCUT2D eigenvalue weighted by atomic mass is 16.5. The molecule has 0 saturated heterocycles. The number of carboxylic acids is 1. The highest BCUT2D eigenvalue weighted by Crippen LogP contribution is 1.98. The lowest BCUT2D eigenvalue weighted by atomic mass is 10.3. The highest BCUT2D eigenvalue weighted by Gasteiger charge is 2.32. The van der Waals surface area contributed by atoms with Crippen molar-refractivity contribution in [3.8, 4) is 0 Å². The number of aliphatic hydroxyl groups excluding tert-OH is 1. The number of hydrogen-bond donors (Lipinski definition) is 3. The number of rotatable bonds is 3. The van der Waals surface area contributed by atoms with E-state index in [1.54, 1.807) is 0 Å². The van der Waals surface area contributed by atoms with Crippen molar-refractivity contribution in [2.75, 3.05) is 13.7 Å². The Morgan fingerprint density at radius 3 is 2.33 bits per heavy atom. The van der Waals surface area contributed by atoms with Crippen LogP contribution in [0.2, 0.25) is 0 Å². The van der Waals surface area contributed by atoms with Crippen LogP contribution < -0.4 is 5.73 Å². The molecule has 0 aliphatic rings. The Kier molecular flexibility index (Phi) is 2.57. The first kappa shape index (κ1) is 8.35. The molecule has 0 saturated carbocycles. The third-order valence-electron chi connectivity index (χ3n) is 0.961. The van der Waals surface area contributed by atoms with Crippen LogP contribution in [0.3, 0.4) is 0 Å². The Bertz CT molecular complexity index is 109. The number of methoxy groups -OCH3 is 1. The summed E-state index contributed by atoms with van der Waals surface area (Å²) in [4.78, 5) is 10.1. The van der Waals surface area contributed by atoms with Gasteiger partial charge in [-0.2, -0.15) is 0 Å². The minimum atomic E-state index is -1.94. The molecule has 0 radical (unpaired) electrons. The predicted octanol–water partition coefficient (Wildman–Crippen LogP) is -1.64. The molecule has 0 rings (SSSR count). The van der Waals surface area contributed by atoms with E-state index in [-0.39, 0.29) is 0 Å². The molecule has 54 valence electrons. The summed E-state index contributed by atoms with van der Waals surface area (Å²) in [6.45, 7) is -0.737. The van der Waals surface area contributed by atoms with Crippen molar-refractivity contribution in [1.29, 1.82) is 0 Å². The van der Waals surface area contributed by atoms with E-state index in [4.69, 9.17) is 15.9 Å². The van der Waals surface area contributed by atoms with Gasteiger partial charge in [0.2, 0.25) is 5.72 Å². The maximum absolute atomic E-state index is 10.1. The van der Waals surface area contributed by atoms with E-state index in [1.165, 1.54) is 0 Å². The molecule has 0 spiro atoms. The fourth-order valence-corrected chi connectivity index (χ4v) is 0.219. The van der Waals surface area contributed by atoms with E-state index in [0.717, 1.165) is 7.11 Å². The van der Waals surface area contributed by atoms with Gasteiger partial charge in [0.15, 0.2) is 0 Å². The normalized spacial score (nSPS) is 16.8. The second-order valence-corrected chi connectivity index (χ2v) is 1.56. The molecule has 0 aliphatic carbocycles. The quantitative estimate of drug-likeness (QED) is 0.404. The van der Waals surface area contributed by atoms with E-state index < -0.39 is 18.3 Å². The average molecular weight is 135 g/mol.